The largest absolute Gasteiger partial charge is 0.573 e. The summed E-state index contributed by atoms with van der Waals surface area (Å²) in [5.41, 5.74) is 2.58. The minimum Gasteiger partial charge on any atom is -0.406 e. The first kappa shape index (κ1) is 28.0. The number of thiazole rings is 1. The Balaban J connectivity index is 1.46. The van der Waals surface area contributed by atoms with Crippen LogP contribution in [0.3, 0.4) is 0 Å². The van der Waals surface area contributed by atoms with E-state index >= 15 is 0 Å². The zero-order valence-electron chi connectivity index (χ0n) is 21.4. The number of aliphatic hydroxyl groups is 3. The van der Waals surface area contributed by atoms with Crippen LogP contribution < -0.4 is 15.4 Å². The Morgan fingerprint density at radius 1 is 1.10 bits per heavy atom. The van der Waals surface area contributed by atoms with E-state index in [4.69, 9.17) is 0 Å². The number of fused-ring (bicyclic) bond motifs is 1. The minimum atomic E-state index is -4.78. The zero-order valence-corrected chi connectivity index (χ0v) is 22.2. The van der Waals surface area contributed by atoms with Gasteiger partial charge in [-0.05, 0) is 44.0 Å². The highest BCUT2D eigenvalue weighted by atomic mass is 32.1. The quantitative estimate of drug-likeness (QED) is 0.208. The van der Waals surface area contributed by atoms with Crippen LogP contribution in [0.5, 0.6) is 5.75 Å². The number of aromatic nitrogens is 4. The van der Waals surface area contributed by atoms with E-state index in [1.54, 1.807) is 19.3 Å². The summed E-state index contributed by atoms with van der Waals surface area (Å²) in [5.74, 6) is -0.204. The number of hydrogen-bond donors (Lipinski definition) is 5. The highest BCUT2D eigenvalue weighted by molar-refractivity contribution is 7.21. The molecule has 0 amide bonds. The van der Waals surface area contributed by atoms with Gasteiger partial charge >= 0.3 is 6.36 Å². The number of aryl methyl sites for hydroxylation is 1. The standard InChI is InChI=1S/C26H27F3N6O4S/c1-12(14-3-5-16(6-4-14)39-26(27,28)29)31-25-32-13(2)20(24-34-18-10-30-8-7-19(18)40-24)23(35-25)33-17-9-15(11-36)21(37)22(17)38/h3-8,10,12,15,17,21-22,36-38H,9,11H2,1-2H3,(H2,31,32,33,35). The maximum Gasteiger partial charge on any atom is 0.573 e. The third-order valence-electron chi connectivity index (χ3n) is 6.81. The third kappa shape index (κ3) is 5.94. The van der Waals surface area contributed by atoms with Crippen LogP contribution in [0.25, 0.3) is 20.8 Å². The number of alkyl halides is 3. The zero-order chi connectivity index (χ0) is 28.6. The number of hydrogen-bond acceptors (Lipinski definition) is 11. The van der Waals surface area contributed by atoms with Crippen molar-refractivity contribution >= 4 is 33.3 Å². The normalized spacial score (nSPS) is 21.9. The Labute approximate surface area is 230 Å². The second-order valence-corrected chi connectivity index (χ2v) is 10.6. The summed E-state index contributed by atoms with van der Waals surface area (Å²) in [6.45, 7) is 3.33. The van der Waals surface area contributed by atoms with E-state index in [9.17, 15) is 28.5 Å². The smallest absolute Gasteiger partial charge is 0.406 e. The Bertz CT molecular complexity index is 1450. The van der Waals surface area contributed by atoms with Crippen LogP contribution in [0.2, 0.25) is 0 Å². The van der Waals surface area contributed by atoms with Crippen LogP contribution in [0.15, 0.2) is 42.7 Å². The lowest BCUT2D eigenvalue weighted by Gasteiger charge is -2.22. The lowest BCUT2D eigenvalue weighted by Crippen LogP contribution is -2.35. The van der Waals surface area contributed by atoms with Gasteiger partial charge in [0.15, 0.2) is 0 Å². The van der Waals surface area contributed by atoms with Crippen LogP contribution in [-0.2, 0) is 0 Å². The number of anilines is 2. The van der Waals surface area contributed by atoms with E-state index in [2.05, 4.69) is 35.3 Å². The summed E-state index contributed by atoms with van der Waals surface area (Å²) in [4.78, 5) is 18.1. The molecule has 5 rings (SSSR count). The van der Waals surface area contributed by atoms with Gasteiger partial charge in [0.2, 0.25) is 5.95 Å². The third-order valence-corrected chi connectivity index (χ3v) is 7.87. The Morgan fingerprint density at radius 3 is 2.50 bits per heavy atom. The summed E-state index contributed by atoms with van der Waals surface area (Å²) < 4.78 is 42.4. The Hall–Kier alpha value is -3.59. The fourth-order valence-corrected chi connectivity index (χ4v) is 5.77. The molecule has 1 aromatic carbocycles. The van der Waals surface area contributed by atoms with E-state index < -0.39 is 30.5 Å². The van der Waals surface area contributed by atoms with Crippen molar-refractivity contribution in [3.8, 4) is 16.3 Å². The first-order valence-electron chi connectivity index (χ1n) is 12.5. The topological polar surface area (TPSA) is 146 Å². The maximum atomic E-state index is 12.5. The molecule has 1 fully saturated rings. The molecule has 5 atom stereocenters. The summed E-state index contributed by atoms with van der Waals surface area (Å²) in [6, 6.07) is 6.36. The molecule has 3 aromatic heterocycles. The molecule has 3 heterocycles. The monoisotopic (exact) mass is 576 g/mol. The lowest BCUT2D eigenvalue weighted by atomic mass is 10.1. The first-order chi connectivity index (χ1) is 19.0. The molecule has 0 bridgehead atoms. The molecule has 212 valence electrons. The number of benzene rings is 1. The molecular weight excluding hydrogens is 549 g/mol. The number of ether oxygens (including phenoxy) is 1. The van der Waals surface area contributed by atoms with E-state index in [0.29, 0.717) is 39.6 Å². The van der Waals surface area contributed by atoms with E-state index in [1.807, 2.05) is 13.0 Å². The van der Waals surface area contributed by atoms with Gasteiger partial charge in [-0.15, -0.1) is 24.5 Å². The molecule has 0 spiro atoms. The molecule has 0 radical (unpaired) electrons. The number of nitrogens with one attached hydrogen (secondary N) is 2. The van der Waals surface area contributed by atoms with Crippen molar-refractivity contribution in [3.05, 3.63) is 54.0 Å². The second-order valence-electron chi connectivity index (χ2n) is 9.61. The van der Waals surface area contributed by atoms with Gasteiger partial charge in [0, 0.05) is 18.7 Å². The highest BCUT2D eigenvalue weighted by Gasteiger charge is 2.41. The van der Waals surface area contributed by atoms with Crippen LogP contribution in [-0.4, -0.2) is 66.5 Å². The lowest BCUT2D eigenvalue weighted by molar-refractivity contribution is -0.274. The fraction of sp³-hybridized carbons (Fsp3) is 0.385. The van der Waals surface area contributed by atoms with Gasteiger partial charge in [-0.25, -0.2) is 9.97 Å². The van der Waals surface area contributed by atoms with Crippen molar-refractivity contribution in [2.75, 3.05) is 17.2 Å². The van der Waals surface area contributed by atoms with Crippen LogP contribution in [0.4, 0.5) is 24.9 Å². The van der Waals surface area contributed by atoms with Gasteiger partial charge in [-0.3, -0.25) is 4.98 Å². The molecule has 1 aliphatic carbocycles. The van der Waals surface area contributed by atoms with Gasteiger partial charge in [0.1, 0.15) is 28.2 Å². The minimum absolute atomic E-state index is 0.237. The molecule has 4 aromatic rings. The van der Waals surface area contributed by atoms with E-state index in [1.165, 1.54) is 35.6 Å². The van der Waals surface area contributed by atoms with Crippen molar-refractivity contribution < 1.29 is 33.2 Å². The summed E-state index contributed by atoms with van der Waals surface area (Å²) in [5, 5.41) is 37.6. The molecule has 5 unspecified atom stereocenters. The molecule has 10 nitrogen and oxygen atoms in total. The molecule has 1 aliphatic rings. The number of pyridine rings is 1. The van der Waals surface area contributed by atoms with Crippen LogP contribution >= 0.6 is 11.3 Å². The summed E-state index contributed by atoms with van der Waals surface area (Å²) in [6.07, 6.45) is -3.35. The predicted octanol–water partition coefficient (Wildman–Crippen LogP) is 4.04. The second kappa shape index (κ2) is 11.1. The number of aliphatic hydroxyl groups excluding tert-OH is 3. The molecule has 14 heteroatoms. The van der Waals surface area contributed by atoms with Crippen LogP contribution in [0, 0.1) is 12.8 Å². The molecule has 0 saturated heterocycles. The van der Waals surface area contributed by atoms with E-state index in [-0.39, 0.29) is 24.3 Å². The van der Waals surface area contributed by atoms with Crippen molar-refractivity contribution in [2.45, 2.75) is 50.9 Å². The summed E-state index contributed by atoms with van der Waals surface area (Å²) >= 11 is 1.43. The number of rotatable bonds is 8. The van der Waals surface area contributed by atoms with E-state index in [0.717, 1.165) is 4.70 Å². The van der Waals surface area contributed by atoms with Crippen molar-refractivity contribution in [1.82, 2.24) is 19.9 Å². The van der Waals surface area contributed by atoms with Crippen molar-refractivity contribution in [1.29, 1.82) is 0 Å². The number of halogens is 3. The summed E-state index contributed by atoms with van der Waals surface area (Å²) in [7, 11) is 0. The molecule has 40 heavy (non-hydrogen) atoms. The van der Waals surface area contributed by atoms with Gasteiger partial charge in [0.05, 0.1) is 40.3 Å². The molecule has 1 saturated carbocycles. The maximum absolute atomic E-state index is 12.5. The average Bonchev–Trinajstić information content (AvgIpc) is 3.44. The molecule has 0 aliphatic heterocycles. The Kier molecular flexibility index (Phi) is 7.77. The SMILES string of the molecule is Cc1nc(NC(C)c2ccc(OC(F)(F)F)cc2)nc(NC2CC(CO)C(O)C2O)c1-c1nc2cnccc2s1. The predicted molar refractivity (Wildman–Crippen MR) is 143 cm³/mol. The van der Waals surface area contributed by atoms with Gasteiger partial charge in [-0.2, -0.15) is 4.98 Å². The molecule has 5 N–H and O–H groups in total. The van der Waals surface area contributed by atoms with Crippen LogP contribution in [0.1, 0.15) is 30.6 Å². The van der Waals surface area contributed by atoms with Gasteiger partial charge < -0.3 is 30.7 Å². The van der Waals surface area contributed by atoms with Gasteiger partial charge in [0.25, 0.3) is 0 Å². The first-order valence-corrected chi connectivity index (χ1v) is 13.3. The highest BCUT2D eigenvalue weighted by Crippen LogP contribution is 2.38. The molecular formula is C26H27F3N6O4S. The Morgan fingerprint density at radius 2 is 1.85 bits per heavy atom. The van der Waals surface area contributed by atoms with Crippen molar-refractivity contribution in [3.63, 3.8) is 0 Å². The fourth-order valence-electron chi connectivity index (χ4n) is 4.74. The van der Waals surface area contributed by atoms with Gasteiger partial charge in [-0.1, -0.05) is 12.1 Å². The average molecular weight is 577 g/mol. The number of nitrogens with zero attached hydrogens (tertiary/aromatic N) is 4. The van der Waals surface area contributed by atoms with Crippen molar-refractivity contribution in [2.24, 2.45) is 5.92 Å².